The van der Waals surface area contributed by atoms with Crippen molar-refractivity contribution in [3.05, 3.63) is 28.9 Å². The third kappa shape index (κ3) is 2.12. The molecule has 4 N–H and O–H groups in total. The quantitative estimate of drug-likeness (QED) is 0.792. The van der Waals surface area contributed by atoms with E-state index in [0.29, 0.717) is 5.82 Å². The number of anilines is 3. The van der Waals surface area contributed by atoms with Gasteiger partial charge in [0.2, 0.25) is 0 Å². The van der Waals surface area contributed by atoms with Crippen LogP contribution in [0.15, 0.2) is 18.3 Å². The molecule has 0 atom stereocenters. The molecule has 0 radical (unpaired) electrons. The zero-order chi connectivity index (χ0) is 15.2. The largest absolute Gasteiger partial charge is 0.384 e. The summed E-state index contributed by atoms with van der Waals surface area (Å²) in [6.45, 7) is 0. The van der Waals surface area contributed by atoms with E-state index in [-0.39, 0.29) is 11.4 Å². The molecular weight excluding hydrogens is 298 g/mol. The molecule has 3 heterocycles. The zero-order valence-electron chi connectivity index (χ0n) is 12.1. The van der Waals surface area contributed by atoms with Gasteiger partial charge in [0.25, 0.3) is 5.91 Å². The van der Waals surface area contributed by atoms with Gasteiger partial charge in [-0.1, -0.05) is 30.6 Å². The van der Waals surface area contributed by atoms with Crippen molar-refractivity contribution >= 4 is 33.9 Å². The first-order valence-corrected chi connectivity index (χ1v) is 8.30. The molecule has 1 saturated carbocycles. The van der Waals surface area contributed by atoms with Crippen LogP contribution in [0.1, 0.15) is 47.5 Å². The van der Waals surface area contributed by atoms with Gasteiger partial charge in [0.1, 0.15) is 10.7 Å². The van der Waals surface area contributed by atoms with Gasteiger partial charge in [-0.3, -0.25) is 4.79 Å². The number of nitrogen functional groups attached to an aromatic ring is 1. The average Bonchev–Trinajstić information content (AvgIpc) is 3.01. The average molecular weight is 315 g/mol. The highest BCUT2D eigenvalue weighted by Crippen LogP contribution is 2.45. The van der Waals surface area contributed by atoms with Gasteiger partial charge in [-0.05, 0) is 18.9 Å². The first-order valence-electron chi connectivity index (χ1n) is 7.49. The number of fused-ring (bicyclic) bond motifs is 2. The second-order valence-electron chi connectivity index (χ2n) is 5.89. The minimum absolute atomic E-state index is 0.0108. The first kappa shape index (κ1) is 13.5. The molecule has 0 saturated heterocycles. The smallest absolute Gasteiger partial charge is 0.264 e. The zero-order valence-corrected chi connectivity index (χ0v) is 12.9. The monoisotopic (exact) mass is 315 g/mol. The van der Waals surface area contributed by atoms with E-state index in [1.54, 1.807) is 12.3 Å². The number of nitrogens with one attached hydrogen (secondary N) is 2. The van der Waals surface area contributed by atoms with E-state index in [9.17, 15) is 4.79 Å². The van der Waals surface area contributed by atoms with Gasteiger partial charge in [-0.15, -0.1) is 0 Å². The lowest BCUT2D eigenvalue weighted by Gasteiger charge is -2.32. The summed E-state index contributed by atoms with van der Waals surface area (Å²) < 4.78 is 0. The minimum Gasteiger partial charge on any atom is -0.384 e. The molecule has 1 spiro atoms. The highest BCUT2D eigenvalue weighted by atomic mass is 32.1. The molecule has 1 fully saturated rings. The summed E-state index contributed by atoms with van der Waals surface area (Å²) in [5.74, 6) is 0.465. The number of carbonyl (C=O) groups is 1. The third-order valence-electron chi connectivity index (χ3n) is 4.38. The molecule has 7 heteroatoms. The summed E-state index contributed by atoms with van der Waals surface area (Å²) >= 11 is 1.40. The van der Waals surface area contributed by atoms with Gasteiger partial charge in [-0.25, -0.2) is 9.97 Å². The van der Waals surface area contributed by atoms with Crippen molar-refractivity contribution in [1.82, 2.24) is 15.3 Å². The van der Waals surface area contributed by atoms with Crippen LogP contribution < -0.4 is 16.4 Å². The van der Waals surface area contributed by atoms with Crippen LogP contribution in [0.3, 0.4) is 0 Å². The van der Waals surface area contributed by atoms with E-state index in [4.69, 9.17) is 10.7 Å². The Hall–Kier alpha value is -2.15. The summed E-state index contributed by atoms with van der Waals surface area (Å²) in [4.78, 5) is 21.7. The van der Waals surface area contributed by atoms with Gasteiger partial charge in [0, 0.05) is 18.0 Å². The predicted octanol–water partition coefficient (Wildman–Crippen LogP) is 2.77. The Balaban J connectivity index is 1.66. The molecule has 1 amide bonds. The minimum atomic E-state index is -0.238. The maximum atomic E-state index is 12.3. The van der Waals surface area contributed by atoms with Crippen molar-refractivity contribution in [1.29, 1.82) is 0 Å². The predicted molar refractivity (Wildman–Crippen MR) is 86.3 cm³/mol. The number of nitrogens with zero attached hydrogens (tertiary/aromatic N) is 2. The van der Waals surface area contributed by atoms with Crippen LogP contribution in [0, 0.1) is 0 Å². The summed E-state index contributed by atoms with van der Waals surface area (Å²) in [6.07, 6.45) is 7.13. The molecule has 22 heavy (non-hydrogen) atoms. The lowest BCUT2D eigenvalue weighted by molar-refractivity contribution is 0.0910. The molecule has 0 unspecified atom stereocenters. The number of hydrogen-bond donors (Lipinski definition) is 3. The standard InChI is InChI=1S/C15H17N5OS/c16-10-8-9(4-7-17-10)18-14-19-12-11(22-14)13(21)20-15(12)5-2-1-3-6-15/h4,7-8H,1-3,5-6H2,(H,20,21)(H3,16,17,18,19). The van der Waals surface area contributed by atoms with E-state index in [0.717, 1.165) is 47.1 Å². The van der Waals surface area contributed by atoms with Crippen LogP contribution in [0.2, 0.25) is 0 Å². The van der Waals surface area contributed by atoms with Gasteiger partial charge >= 0.3 is 0 Å². The van der Waals surface area contributed by atoms with E-state index >= 15 is 0 Å². The van der Waals surface area contributed by atoms with Crippen LogP contribution in [0.25, 0.3) is 0 Å². The van der Waals surface area contributed by atoms with Crippen molar-refractivity contribution < 1.29 is 4.79 Å². The SMILES string of the molecule is Nc1cc(Nc2nc3c(s2)C(=O)NC32CCCCC2)ccn1. The number of nitrogens with two attached hydrogens (primary N) is 1. The molecular formula is C15H17N5OS. The lowest BCUT2D eigenvalue weighted by atomic mass is 9.81. The maximum Gasteiger partial charge on any atom is 0.264 e. The Morgan fingerprint density at radius 1 is 1.32 bits per heavy atom. The number of hydrogen-bond acceptors (Lipinski definition) is 6. The van der Waals surface area contributed by atoms with Crippen molar-refractivity contribution in [2.24, 2.45) is 0 Å². The molecule has 0 bridgehead atoms. The number of carbonyl (C=O) groups excluding carboxylic acids is 1. The van der Waals surface area contributed by atoms with Gasteiger partial charge < -0.3 is 16.4 Å². The number of thiazole rings is 1. The molecule has 2 aromatic rings. The van der Waals surface area contributed by atoms with Gasteiger partial charge in [-0.2, -0.15) is 0 Å². The van der Waals surface area contributed by atoms with E-state index < -0.39 is 0 Å². The number of pyridine rings is 1. The van der Waals surface area contributed by atoms with E-state index in [1.165, 1.54) is 17.8 Å². The Kier molecular flexibility index (Phi) is 3.04. The summed E-state index contributed by atoms with van der Waals surface area (Å²) in [5.41, 5.74) is 7.20. The number of amides is 1. The van der Waals surface area contributed by atoms with Gasteiger partial charge in [0.05, 0.1) is 11.2 Å². The van der Waals surface area contributed by atoms with Crippen LogP contribution in [0.4, 0.5) is 16.6 Å². The van der Waals surface area contributed by atoms with Crippen LogP contribution >= 0.6 is 11.3 Å². The Morgan fingerprint density at radius 3 is 2.91 bits per heavy atom. The van der Waals surface area contributed by atoms with E-state index in [1.807, 2.05) is 6.07 Å². The fourth-order valence-corrected chi connectivity index (χ4v) is 4.33. The topological polar surface area (TPSA) is 92.9 Å². The van der Waals surface area contributed by atoms with Crippen LogP contribution in [-0.2, 0) is 5.54 Å². The molecule has 1 aliphatic carbocycles. The third-order valence-corrected chi connectivity index (χ3v) is 5.35. The maximum absolute atomic E-state index is 12.3. The molecule has 1 aliphatic heterocycles. The molecule has 2 aromatic heterocycles. The first-order chi connectivity index (χ1) is 10.7. The molecule has 6 nitrogen and oxygen atoms in total. The molecule has 2 aliphatic rings. The van der Waals surface area contributed by atoms with Crippen molar-refractivity contribution in [3.63, 3.8) is 0 Å². The number of aromatic nitrogens is 2. The Morgan fingerprint density at radius 2 is 2.14 bits per heavy atom. The summed E-state index contributed by atoms with van der Waals surface area (Å²) in [6, 6.07) is 3.59. The molecule has 114 valence electrons. The molecule has 0 aromatic carbocycles. The second kappa shape index (κ2) is 4.95. The Bertz CT molecular complexity index is 735. The van der Waals surface area contributed by atoms with E-state index in [2.05, 4.69) is 15.6 Å². The molecule has 4 rings (SSSR count). The normalized spacial score (nSPS) is 19.0. The number of rotatable bonds is 2. The van der Waals surface area contributed by atoms with Crippen molar-refractivity contribution in [2.45, 2.75) is 37.6 Å². The summed E-state index contributed by atoms with van der Waals surface area (Å²) in [7, 11) is 0. The van der Waals surface area contributed by atoms with Crippen LogP contribution in [0.5, 0.6) is 0 Å². The highest BCUT2D eigenvalue weighted by molar-refractivity contribution is 7.17. The summed E-state index contributed by atoms with van der Waals surface area (Å²) in [5, 5.41) is 7.12. The second-order valence-corrected chi connectivity index (χ2v) is 6.89. The fraction of sp³-hybridized carbons (Fsp3) is 0.400. The van der Waals surface area contributed by atoms with Gasteiger partial charge in [0.15, 0.2) is 5.13 Å². The highest BCUT2D eigenvalue weighted by Gasteiger charge is 2.46. The van der Waals surface area contributed by atoms with Crippen molar-refractivity contribution in [2.75, 3.05) is 11.1 Å². The lowest BCUT2D eigenvalue weighted by Crippen LogP contribution is -2.41. The van der Waals surface area contributed by atoms with Crippen LogP contribution in [-0.4, -0.2) is 15.9 Å². The fourth-order valence-electron chi connectivity index (χ4n) is 3.35. The van der Waals surface area contributed by atoms with Crippen molar-refractivity contribution in [3.8, 4) is 0 Å². The Labute approximate surface area is 132 Å².